The number of aliphatic hydroxyl groups is 1. The molecule has 1 aromatic heterocycles. The maximum absolute atomic E-state index is 10.1. The van der Waals surface area contributed by atoms with Crippen molar-refractivity contribution in [3.63, 3.8) is 0 Å². The number of hydrogen-bond acceptors (Lipinski definition) is 9. The summed E-state index contributed by atoms with van der Waals surface area (Å²) in [6, 6.07) is 0. The van der Waals surface area contributed by atoms with Crippen LogP contribution in [0.5, 0.6) is 0 Å². The van der Waals surface area contributed by atoms with Crippen LogP contribution in [0.1, 0.15) is 0 Å². The Bertz CT molecular complexity index is 584. The zero-order valence-electron chi connectivity index (χ0n) is 11.3. The molecule has 0 bridgehead atoms. The normalized spacial score (nSPS) is 24.0. The molecular weight excluding hydrogens is 297 g/mol. The highest BCUT2D eigenvalue weighted by Gasteiger charge is 2.44. The fraction of sp³-hybridized carbons (Fsp3) is 0.455. The average Bonchev–Trinajstić information content (AvgIpc) is 3.02. The Morgan fingerprint density at radius 1 is 1.62 bits per heavy atom. The Hall–Kier alpha value is -1.83. The van der Waals surface area contributed by atoms with Gasteiger partial charge in [0.05, 0.1) is 6.67 Å². The fourth-order valence-corrected chi connectivity index (χ4v) is 2.58. The van der Waals surface area contributed by atoms with Crippen molar-refractivity contribution in [3.05, 3.63) is 17.8 Å². The monoisotopic (exact) mass is 313 g/mol. The second-order valence-electron chi connectivity index (χ2n) is 4.55. The van der Waals surface area contributed by atoms with Crippen molar-refractivity contribution >= 4 is 26.8 Å². The van der Waals surface area contributed by atoms with Gasteiger partial charge in [0.1, 0.15) is 18.6 Å². The summed E-state index contributed by atoms with van der Waals surface area (Å²) in [5.74, 6) is 1.31. The molecule has 21 heavy (non-hydrogen) atoms. The molecule has 0 spiro atoms. The summed E-state index contributed by atoms with van der Waals surface area (Å²) in [5, 5.41) is 13.3. The van der Waals surface area contributed by atoms with Crippen LogP contribution in [0.25, 0.3) is 0 Å². The molecule has 0 radical (unpaired) electrons. The number of aliphatic hydroxyl groups excluding tert-OH is 1. The number of nitrogens with one attached hydrogen (secondary N) is 1. The van der Waals surface area contributed by atoms with Crippen LogP contribution < -0.4 is 16.0 Å². The topological polar surface area (TPSA) is 115 Å². The number of nitrogens with zero attached hydrogens (tertiary/aromatic N) is 3. The molecule has 2 unspecified atom stereocenters. The molecule has 9 nitrogen and oxygen atoms in total. The number of methoxy groups -OCH3 is 1. The Kier molecular flexibility index (Phi) is 3.71. The molecule has 10 heteroatoms. The van der Waals surface area contributed by atoms with Crippen molar-refractivity contribution in [2.75, 3.05) is 36.3 Å². The second-order valence-corrected chi connectivity index (χ2v) is 4.88. The Balaban J connectivity index is 1.89. The van der Waals surface area contributed by atoms with Crippen molar-refractivity contribution < 1.29 is 19.1 Å². The lowest BCUT2D eigenvalue weighted by Crippen LogP contribution is -2.44. The van der Waals surface area contributed by atoms with E-state index in [1.165, 1.54) is 13.4 Å². The largest absolute Gasteiger partial charge is 0.506 e. The smallest absolute Gasteiger partial charge is 0.208 e. The first-order chi connectivity index (χ1) is 10.2. The van der Waals surface area contributed by atoms with Gasteiger partial charge in [-0.25, -0.2) is 9.97 Å². The van der Waals surface area contributed by atoms with Gasteiger partial charge in [0, 0.05) is 16.6 Å². The van der Waals surface area contributed by atoms with Gasteiger partial charge in [-0.1, -0.05) is 0 Å². The number of hydrogen-bond donors (Lipinski definition) is 3. The van der Waals surface area contributed by atoms with Gasteiger partial charge >= 0.3 is 0 Å². The molecule has 114 valence electrons. The molecule has 2 aliphatic rings. The van der Waals surface area contributed by atoms with E-state index in [4.69, 9.17) is 19.7 Å². The van der Waals surface area contributed by atoms with E-state index in [0.717, 1.165) is 0 Å². The molecule has 0 aromatic carbocycles. The second kappa shape index (κ2) is 5.51. The lowest BCUT2D eigenvalue weighted by molar-refractivity contribution is 0.00697. The molecule has 3 rings (SSSR count). The predicted octanol–water partition coefficient (Wildman–Crippen LogP) is 0.196. The molecule has 1 aromatic rings. The molecule has 0 aliphatic carbocycles. The molecule has 4 N–H and O–H groups in total. The van der Waals surface area contributed by atoms with Crippen LogP contribution >= 0.6 is 9.47 Å². The highest BCUT2D eigenvalue weighted by atomic mass is 31.0. The third-order valence-corrected chi connectivity index (χ3v) is 3.57. The Labute approximate surface area is 123 Å². The summed E-state index contributed by atoms with van der Waals surface area (Å²) in [6.07, 6.45) is 0.183. The molecule has 0 saturated heterocycles. The van der Waals surface area contributed by atoms with Crippen molar-refractivity contribution in [2.45, 2.75) is 12.3 Å². The van der Waals surface area contributed by atoms with E-state index in [0.29, 0.717) is 29.8 Å². The van der Waals surface area contributed by atoms with Crippen molar-refractivity contribution in [2.24, 2.45) is 0 Å². The van der Waals surface area contributed by atoms with E-state index in [2.05, 4.69) is 24.8 Å². The first-order valence-corrected chi connectivity index (χ1v) is 6.68. The molecule has 3 atom stereocenters. The summed E-state index contributed by atoms with van der Waals surface area (Å²) < 4.78 is 16.0. The Morgan fingerprint density at radius 3 is 3.14 bits per heavy atom. The molecule has 0 amide bonds. The minimum Gasteiger partial charge on any atom is -0.506 e. The minimum atomic E-state index is -0.635. The maximum atomic E-state index is 10.1. The molecule has 3 heterocycles. The van der Waals surface area contributed by atoms with Crippen molar-refractivity contribution in [1.82, 2.24) is 9.97 Å². The average molecular weight is 313 g/mol. The summed E-state index contributed by atoms with van der Waals surface area (Å²) in [6.45, 7) is 0.554. The van der Waals surface area contributed by atoms with Crippen LogP contribution in [0.15, 0.2) is 17.8 Å². The highest BCUT2D eigenvalue weighted by Crippen LogP contribution is 2.38. The number of anilines is 3. The van der Waals surface area contributed by atoms with Crippen LogP contribution in [0.4, 0.5) is 17.3 Å². The quantitative estimate of drug-likeness (QED) is 0.670. The van der Waals surface area contributed by atoms with E-state index >= 15 is 0 Å². The van der Waals surface area contributed by atoms with E-state index < -0.39 is 12.3 Å². The number of ether oxygens (including phenoxy) is 2. The van der Waals surface area contributed by atoms with Crippen LogP contribution in [0.3, 0.4) is 0 Å². The van der Waals surface area contributed by atoms with Gasteiger partial charge in [-0.3, -0.25) is 4.90 Å². The van der Waals surface area contributed by atoms with Crippen LogP contribution in [0.2, 0.25) is 0 Å². The number of nitrogen functional groups attached to an aromatic ring is 1. The first-order valence-electron chi connectivity index (χ1n) is 6.21. The van der Waals surface area contributed by atoms with Gasteiger partial charge in [0.15, 0.2) is 29.3 Å². The van der Waals surface area contributed by atoms with Gasteiger partial charge in [-0.05, 0) is 0 Å². The summed E-state index contributed by atoms with van der Waals surface area (Å²) in [4.78, 5) is 9.96. The zero-order valence-corrected chi connectivity index (χ0v) is 12.5. The van der Waals surface area contributed by atoms with E-state index in [1.807, 2.05) is 4.90 Å². The van der Waals surface area contributed by atoms with Crippen molar-refractivity contribution in [1.29, 1.82) is 0 Å². The van der Waals surface area contributed by atoms with Gasteiger partial charge in [0.2, 0.25) is 6.23 Å². The van der Waals surface area contributed by atoms with E-state index in [9.17, 15) is 5.11 Å². The molecule has 0 fully saturated rings. The third kappa shape index (κ3) is 2.23. The minimum absolute atomic E-state index is 0.0143. The summed E-state index contributed by atoms with van der Waals surface area (Å²) in [5.41, 5.74) is 6.45. The van der Waals surface area contributed by atoms with E-state index in [1.54, 1.807) is 0 Å². The lowest BCUT2D eigenvalue weighted by atomic mass is 10.2. The number of nitrogens with two attached hydrogens (primary N) is 1. The third-order valence-electron chi connectivity index (χ3n) is 3.41. The van der Waals surface area contributed by atoms with Crippen LogP contribution in [0, 0.1) is 0 Å². The molecular formula is C11H16N5O4P. The zero-order chi connectivity index (χ0) is 15.0. The lowest BCUT2D eigenvalue weighted by Gasteiger charge is -2.28. The van der Waals surface area contributed by atoms with Gasteiger partial charge in [0.25, 0.3) is 0 Å². The number of aromatic nitrogens is 2. The van der Waals surface area contributed by atoms with Gasteiger partial charge < -0.3 is 30.2 Å². The fourth-order valence-electron chi connectivity index (χ4n) is 2.43. The van der Waals surface area contributed by atoms with Crippen LogP contribution in [-0.2, 0) is 14.0 Å². The number of fused-ring (bicyclic) bond motifs is 1. The SMILES string of the molecule is COC1C(O)=C(COP)O[C@H]1N1CNc2c(N)ncnc21. The molecule has 0 saturated carbocycles. The summed E-state index contributed by atoms with van der Waals surface area (Å²) >= 11 is 0. The van der Waals surface area contributed by atoms with E-state index in [-0.39, 0.29) is 12.4 Å². The standard InChI is InChI=1S/C11H16N5O4P/c1-18-8-7(17)5(2-19-21)20-11(8)16-4-15-6-9(12)13-3-14-10(6)16/h3,8,11,15,17H,2,4,21H2,1H3,(H2,12,13,14)/t8?,11-/m1/s1. The summed E-state index contributed by atoms with van der Waals surface area (Å²) in [7, 11) is 3.61. The van der Waals surface area contributed by atoms with Gasteiger partial charge in [-0.2, -0.15) is 0 Å². The Morgan fingerprint density at radius 2 is 2.43 bits per heavy atom. The highest BCUT2D eigenvalue weighted by molar-refractivity contribution is 7.09. The van der Waals surface area contributed by atoms with Crippen LogP contribution in [-0.4, -0.2) is 47.8 Å². The van der Waals surface area contributed by atoms with Crippen molar-refractivity contribution in [3.8, 4) is 0 Å². The molecule has 2 aliphatic heterocycles. The predicted molar refractivity (Wildman–Crippen MR) is 78.4 cm³/mol. The number of rotatable bonds is 4. The van der Waals surface area contributed by atoms with Gasteiger partial charge in [-0.15, -0.1) is 0 Å². The first kappa shape index (κ1) is 14.1. The maximum Gasteiger partial charge on any atom is 0.208 e.